The molecule has 16 heteroatoms. The molecule has 9 nitrogen and oxygen atoms in total. The average Bonchev–Trinajstić information content (AvgIpc) is 3.47. The number of aromatic nitrogens is 2. The molecule has 1 fully saturated rings. The highest BCUT2D eigenvalue weighted by Crippen LogP contribution is 2.38. The van der Waals surface area contributed by atoms with E-state index >= 15 is 0 Å². The molecule has 38 heavy (non-hydrogen) atoms. The van der Waals surface area contributed by atoms with Crippen molar-refractivity contribution in [3.05, 3.63) is 63.2 Å². The van der Waals surface area contributed by atoms with Crippen LogP contribution in [0.15, 0.2) is 52.6 Å². The number of carbonyl (C=O) groups excluding carboxylic acids is 1. The summed E-state index contributed by atoms with van der Waals surface area (Å²) in [7, 11) is -4.04. The van der Waals surface area contributed by atoms with E-state index in [-0.39, 0.29) is 49.0 Å². The second-order valence-electron chi connectivity index (χ2n) is 8.45. The number of hydrogen-bond acceptors (Lipinski definition) is 9. The van der Waals surface area contributed by atoms with E-state index < -0.39 is 39.0 Å². The van der Waals surface area contributed by atoms with Crippen molar-refractivity contribution in [3.8, 4) is 0 Å². The fraction of sp³-hybridized carbons (Fsp3) is 0.318. The number of alkyl halides is 3. The quantitative estimate of drug-likeness (QED) is 0.268. The number of nitrogens with two attached hydrogens (primary N) is 1. The molecule has 1 aliphatic rings. The Hall–Kier alpha value is -2.27. The Balaban J connectivity index is 1.51. The molecule has 3 N–H and O–H groups in total. The molecule has 1 aliphatic carbocycles. The van der Waals surface area contributed by atoms with Crippen LogP contribution in [0, 0.1) is 5.92 Å². The van der Waals surface area contributed by atoms with Gasteiger partial charge in [-0.2, -0.15) is 21.6 Å². The van der Waals surface area contributed by atoms with Gasteiger partial charge >= 0.3 is 16.5 Å². The number of ketones is 1. The summed E-state index contributed by atoms with van der Waals surface area (Å²) in [6.07, 6.45) is -0.145. The van der Waals surface area contributed by atoms with Crippen molar-refractivity contribution >= 4 is 56.0 Å². The third-order valence-corrected chi connectivity index (χ3v) is 9.23. The van der Waals surface area contributed by atoms with Crippen LogP contribution in [-0.4, -0.2) is 41.4 Å². The minimum atomic E-state index is -4.61. The summed E-state index contributed by atoms with van der Waals surface area (Å²) < 4.78 is 79.0. The number of rotatable bonds is 9. The molecule has 1 saturated carbocycles. The van der Waals surface area contributed by atoms with Crippen molar-refractivity contribution in [2.45, 2.75) is 41.3 Å². The third-order valence-electron chi connectivity index (χ3n) is 5.76. The molecular weight excluding hydrogens is 589 g/mol. The molecule has 0 radical (unpaired) electrons. The second kappa shape index (κ2) is 11.5. The molecule has 0 amide bonds. The molecule has 0 bridgehead atoms. The smallest absolute Gasteiger partial charge is 0.416 e. The number of halogens is 4. The molecule has 3 aromatic rings. The van der Waals surface area contributed by atoms with Crippen LogP contribution in [0.3, 0.4) is 0 Å². The minimum Gasteiger partial charge on any atom is -0.606 e. The summed E-state index contributed by atoms with van der Waals surface area (Å²) in [6, 6.07) is 5.25. The Morgan fingerprint density at radius 1 is 1.32 bits per heavy atom. The van der Waals surface area contributed by atoms with Crippen LogP contribution in [0.1, 0.15) is 40.1 Å². The van der Waals surface area contributed by atoms with Crippen molar-refractivity contribution in [3.63, 3.8) is 0 Å². The van der Waals surface area contributed by atoms with Gasteiger partial charge in [0.25, 0.3) is 0 Å². The lowest BCUT2D eigenvalue weighted by Crippen LogP contribution is -2.22. The van der Waals surface area contributed by atoms with Gasteiger partial charge < -0.3 is 9.87 Å². The van der Waals surface area contributed by atoms with Crippen LogP contribution in [0.5, 0.6) is 0 Å². The zero-order chi connectivity index (χ0) is 27.7. The summed E-state index contributed by atoms with van der Waals surface area (Å²) in [6.45, 7) is -0.0495. The molecule has 1 aromatic carbocycles. The van der Waals surface area contributed by atoms with Crippen molar-refractivity contribution in [2.24, 2.45) is 11.1 Å². The van der Waals surface area contributed by atoms with Crippen LogP contribution in [0.2, 0.25) is 4.34 Å². The van der Waals surface area contributed by atoms with Gasteiger partial charge in [0.2, 0.25) is 5.78 Å². The van der Waals surface area contributed by atoms with Crippen molar-refractivity contribution in [1.29, 1.82) is 0 Å². The van der Waals surface area contributed by atoms with Crippen molar-refractivity contribution in [1.82, 2.24) is 9.97 Å². The van der Waals surface area contributed by atoms with Crippen molar-refractivity contribution in [2.75, 3.05) is 11.9 Å². The lowest BCUT2D eigenvalue weighted by molar-refractivity contribution is -0.137. The topological polar surface area (TPSA) is 147 Å². The first-order chi connectivity index (χ1) is 17.8. The van der Waals surface area contributed by atoms with E-state index in [1.165, 1.54) is 24.7 Å². The normalized spacial score (nSPS) is 18.9. The maximum atomic E-state index is 13.3. The summed E-state index contributed by atoms with van der Waals surface area (Å²) in [4.78, 5) is 21.4. The van der Waals surface area contributed by atoms with Gasteiger partial charge in [-0.05, 0) is 37.3 Å². The Labute approximate surface area is 228 Å². The molecule has 2 heterocycles. The van der Waals surface area contributed by atoms with Crippen LogP contribution >= 0.6 is 22.9 Å². The van der Waals surface area contributed by atoms with Crippen molar-refractivity contribution < 1.29 is 35.1 Å². The van der Waals surface area contributed by atoms with Gasteiger partial charge in [-0.3, -0.25) is 8.98 Å². The van der Waals surface area contributed by atoms with Crippen LogP contribution in [-0.2, 0) is 31.8 Å². The Bertz CT molecular complexity index is 1440. The third kappa shape index (κ3) is 7.02. The lowest BCUT2D eigenvalue weighted by Gasteiger charge is -2.15. The number of hydrogen-bond donors (Lipinski definition) is 2. The fourth-order valence-corrected chi connectivity index (χ4v) is 7.11. The highest BCUT2D eigenvalue weighted by Gasteiger charge is 2.33. The number of nitrogens with one attached hydrogen (secondary N) is 1. The first-order valence-corrected chi connectivity index (χ1v) is 14.8. The van der Waals surface area contributed by atoms with E-state index in [9.17, 15) is 30.9 Å². The van der Waals surface area contributed by atoms with Gasteiger partial charge in [-0.25, -0.2) is 15.1 Å². The number of carbonyl (C=O) groups is 1. The van der Waals surface area contributed by atoms with E-state index in [0.717, 1.165) is 29.5 Å². The predicted octanol–water partition coefficient (Wildman–Crippen LogP) is 4.41. The monoisotopic (exact) mass is 608 g/mol. The largest absolute Gasteiger partial charge is 0.606 e. The highest BCUT2D eigenvalue weighted by atomic mass is 35.5. The Kier molecular flexibility index (Phi) is 8.66. The molecule has 3 atom stereocenters. The fourth-order valence-electron chi connectivity index (χ4n) is 3.99. The van der Waals surface area contributed by atoms with E-state index in [2.05, 4.69) is 19.5 Å². The summed E-state index contributed by atoms with van der Waals surface area (Å²) in [5.41, 5.74) is -0.834. The van der Waals surface area contributed by atoms with Gasteiger partial charge in [0.15, 0.2) is 9.79 Å². The number of benzene rings is 1. The van der Waals surface area contributed by atoms with Gasteiger partial charge in [-0.1, -0.05) is 17.7 Å². The predicted molar refractivity (Wildman–Crippen MR) is 135 cm³/mol. The molecule has 4 rings (SSSR count). The molecule has 1 unspecified atom stereocenters. The van der Waals surface area contributed by atoms with E-state index in [0.29, 0.717) is 19.3 Å². The Morgan fingerprint density at radius 2 is 2.08 bits per heavy atom. The SMILES string of the molecule is NS(=O)(=O)OC[C@@H]1CC[C@H](Nc2ncncc2C(=O)c2cc([S+]([O-])c3cccc(C(F)(F)F)c3)c(Cl)s2)C1. The minimum absolute atomic E-state index is 0.00365. The van der Waals surface area contributed by atoms with Crippen LogP contribution in [0.4, 0.5) is 19.0 Å². The van der Waals surface area contributed by atoms with E-state index in [4.69, 9.17) is 16.7 Å². The van der Waals surface area contributed by atoms with Gasteiger partial charge in [0.05, 0.1) is 22.6 Å². The number of nitrogens with zero attached hydrogens (tertiary/aromatic N) is 2. The summed E-state index contributed by atoms with van der Waals surface area (Å²) in [5.74, 6) is -0.330. The second-order valence-corrected chi connectivity index (χ2v) is 12.8. The lowest BCUT2D eigenvalue weighted by atomic mass is 10.1. The molecule has 0 aliphatic heterocycles. The summed E-state index contributed by atoms with van der Waals surface area (Å²) in [5, 5.41) is 8.05. The highest BCUT2D eigenvalue weighted by molar-refractivity contribution is 7.91. The Morgan fingerprint density at radius 3 is 2.79 bits per heavy atom. The average molecular weight is 609 g/mol. The summed E-state index contributed by atoms with van der Waals surface area (Å²) >= 11 is 5.03. The van der Waals surface area contributed by atoms with Crippen LogP contribution < -0.4 is 10.5 Å². The number of anilines is 1. The molecule has 0 spiro atoms. The molecule has 204 valence electrons. The van der Waals surface area contributed by atoms with E-state index in [1.807, 2.05) is 0 Å². The zero-order valence-electron chi connectivity index (χ0n) is 19.3. The van der Waals surface area contributed by atoms with Crippen LogP contribution in [0.25, 0.3) is 0 Å². The first-order valence-electron chi connectivity index (χ1n) is 11.0. The first kappa shape index (κ1) is 28.7. The van der Waals surface area contributed by atoms with Gasteiger partial charge in [0.1, 0.15) is 16.5 Å². The molecule has 2 aromatic heterocycles. The van der Waals surface area contributed by atoms with Gasteiger partial charge in [0, 0.05) is 35.5 Å². The maximum absolute atomic E-state index is 13.3. The molecule has 0 saturated heterocycles. The standard InChI is InChI=1S/C22H20ClF3N4O5S3/c23-20-18(37(32)15-3-1-2-13(7-15)22(24,25)26)8-17(36-20)19(31)16-9-28-11-29-21(16)30-14-5-4-12(6-14)10-35-38(27,33)34/h1-3,7-9,11-12,14H,4-6,10H2,(H2,27,33,34)(H,28,29,30)/t12-,14+,37?/m1/s1. The zero-order valence-corrected chi connectivity index (χ0v) is 22.5. The maximum Gasteiger partial charge on any atom is 0.416 e. The molecular formula is C22H20ClF3N4O5S3. The van der Waals surface area contributed by atoms with Gasteiger partial charge in [-0.15, -0.1) is 11.3 Å². The number of thiophene rings is 1. The van der Waals surface area contributed by atoms with E-state index in [1.54, 1.807) is 0 Å².